The fourth-order valence-electron chi connectivity index (χ4n) is 6.65. The van der Waals surface area contributed by atoms with Gasteiger partial charge in [-0.3, -0.25) is 4.90 Å². The summed E-state index contributed by atoms with van der Waals surface area (Å²) in [6.45, 7) is 16.7. The van der Waals surface area contributed by atoms with Crippen LogP contribution in [-0.2, 0) is 14.8 Å². The molecule has 0 radical (unpaired) electrons. The van der Waals surface area contributed by atoms with Crippen molar-refractivity contribution in [2.24, 2.45) is 16.7 Å². The number of rotatable bonds is 7. The first-order chi connectivity index (χ1) is 12.9. The van der Waals surface area contributed by atoms with Crippen LogP contribution in [0, 0.1) is 16.7 Å². The van der Waals surface area contributed by atoms with Gasteiger partial charge in [0.25, 0.3) is 0 Å². The lowest BCUT2D eigenvalue weighted by Gasteiger charge is -2.51. The van der Waals surface area contributed by atoms with Crippen LogP contribution >= 0.6 is 12.6 Å². The van der Waals surface area contributed by atoms with Crippen molar-refractivity contribution < 1.29 is 13.2 Å². The first-order valence-electron chi connectivity index (χ1n) is 10.9. The maximum atomic E-state index is 13.7. The third-order valence-electron chi connectivity index (χ3n) is 8.01. The topological polar surface area (TPSA) is 49.9 Å². The minimum absolute atomic E-state index is 0.0201. The molecular weight excluding hydrogens is 392 g/mol. The lowest BCUT2D eigenvalue weighted by molar-refractivity contribution is 0.0187. The fourth-order valence-corrected chi connectivity index (χ4v) is 10.5. The summed E-state index contributed by atoms with van der Waals surface area (Å²) < 4.78 is 34.3. The van der Waals surface area contributed by atoms with E-state index in [1.807, 2.05) is 27.7 Å². The zero-order valence-corrected chi connectivity index (χ0v) is 20.3. The van der Waals surface area contributed by atoms with Crippen LogP contribution in [0.15, 0.2) is 0 Å². The zero-order valence-electron chi connectivity index (χ0n) is 18.6. The van der Waals surface area contributed by atoms with Crippen LogP contribution in [0.5, 0.6) is 0 Å². The average Bonchev–Trinajstić information content (AvgIpc) is 2.86. The molecule has 2 saturated carbocycles. The Morgan fingerprint density at radius 1 is 1.14 bits per heavy atom. The van der Waals surface area contributed by atoms with Crippen molar-refractivity contribution >= 4 is 22.7 Å². The van der Waals surface area contributed by atoms with Crippen molar-refractivity contribution in [2.75, 3.05) is 38.6 Å². The van der Waals surface area contributed by atoms with E-state index in [1.165, 1.54) is 0 Å². The number of morpholine rings is 1. The van der Waals surface area contributed by atoms with Crippen LogP contribution in [0.4, 0.5) is 0 Å². The van der Waals surface area contributed by atoms with E-state index in [-0.39, 0.29) is 33.4 Å². The Kier molecular flexibility index (Phi) is 6.29. The van der Waals surface area contributed by atoms with Crippen molar-refractivity contribution in [1.82, 2.24) is 9.21 Å². The molecule has 5 nitrogen and oxygen atoms in total. The standard InChI is InChI=1S/C21H40N2O3S2/c1-16(2)23(17(3)4)28(24,25)15-20-8-7-18(19(20,5)6)13-21(20,27)14-22-9-11-26-12-10-22/h16-18,27H,7-15H2,1-6H3. The van der Waals surface area contributed by atoms with Gasteiger partial charge in [0.2, 0.25) is 10.0 Å². The summed E-state index contributed by atoms with van der Waals surface area (Å²) in [4.78, 5) is 2.43. The summed E-state index contributed by atoms with van der Waals surface area (Å²) in [6, 6.07) is -0.0617. The minimum atomic E-state index is -3.39. The van der Waals surface area contributed by atoms with Gasteiger partial charge in [0.15, 0.2) is 0 Å². The molecule has 3 fully saturated rings. The first kappa shape index (κ1) is 22.9. The largest absolute Gasteiger partial charge is 0.379 e. The average molecular weight is 433 g/mol. The molecular formula is C21H40N2O3S2. The molecule has 0 aromatic carbocycles. The summed E-state index contributed by atoms with van der Waals surface area (Å²) in [6.07, 6.45) is 3.10. The lowest BCUT2D eigenvalue weighted by atomic mass is 9.65. The summed E-state index contributed by atoms with van der Waals surface area (Å²) in [7, 11) is -3.39. The Bertz CT molecular complexity index is 665. The van der Waals surface area contributed by atoms with Crippen molar-refractivity contribution in [3.63, 3.8) is 0 Å². The molecule has 164 valence electrons. The van der Waals surface area contributed by atoms with Gasteiger partial charge in [-0.15, -0.1) is 0 Å². The molecule has 3 aliphatic rings. The van der Waals surface area contributed by atoms with Gasteiger partial charge in [0.1, 0.15) is 0 Å². The van der Waals surface area contributed by atoms with Gasteiger partial charge in [-0.25, -0.2) is 8.42 Å². The van der Waals surface area contributed by atoms with Gasteiger partial charge in [0.05, 0.1) is 19.0 Å². The molecule has 1 aliphatic heterocycles. The number of hydrogen-bond acceptors (Lipinski definition) is 5. The van der Waals surface area contributed by atoms with Crippen LogP contribution in [-0.4, -0.2) is 73.1 Å². The van der Waals surface area contributed by atoms with Crippen LogP contribution in [0.25, 0.3) is 0 Å². The Balaban J connectivity index is 1.96. The van der Waals surface area contributed by atoms with Crippen molar-refractivity contribution in [2.45, 2.75) is 77.6 Å². The van der Waals surface area contributed by atoms with Crippen LogP contribution in [0.2, 0.25) is 0 Å². The van der Waals surface area contributed by atoms with E-state index in [4.69, 9.17) is 17.4 Å². The van der Waals surface area contributed by atoms with Crippen LogP contribution in [0.1, 0.15) is 60.8 Å². The molecule has 3 unspecified atom stereocenters. The van der Waals surface area contributed by atoms with Crippen molar-refractivity contribution in [1.29, 1.82) is 0 Å². The minimum Gasteiger partial charge on any atom is -0.379 e. The molecule has 0 aromatic heterocycles. The summed E-state index contributed by atoms with van der Waals surface area (Å²) in [5, 5.41) is 0. The Labute approximate surface area is 178 Å². The highest BCUT2D eigenvalue weighted by Crippen LogP contribution is 2.72. The quantitative estimate of drug-likeness (QED) is 0.628. The number of thiol groups is 1. The lowest BCUT2D eigenvalue weighted by Crippen LogP contribution is -2.58. The molecule has 0 spiro atoms. The number of nitrogens with zero attached hydrogens (tertiary/aromatic N) is 2. The Morgan fingerprint density at radius 2 is 1.71 bits per heavy atom. The monoisotopic (exact) mass is 432 g/mol. The molecule has 2 bridgehead atoms. The second-order valence-corrected chi connectivity index (χ2v) is 13.2. The molecule has 7 heteroatoms. The predicted octanol–water partition coefficient (Wildman–Crippen LogP) is 3.26. The number of sulfonamides is 1. The van der Waals surface area contributed by atoms with E-state index in [2.05, 4.69) is 18.7 Å². The van der Waals surface area contributed by atoms with Gasteiger partial charge in [-0.05, 0) is 58.3 Å². The Hall–Kier alpha value is 0.180. The molecule has 28 heavy (non-hydrogen) atoms. The smallest absolute Gasteiger partial charge is 0.215 e. The number of hydrogen-bond donors (Lipinski definition) is 1. The van der Waals surface area contributed by atoms with E-state index in [9.17, 15) is 8.42 Å². The number of ether oxygens (including phenoxy) is 1. The molecule has 0 amide bonds. The SMILES string of the molecule is CC(C)N(C(C)C)S(=O)(=O)CC12CCC(CC1(S)CN1CCOCC1)C2(C)C. The highest BCUT2D eigenvalue weighted by molar-refractivity contribution is 7.89. The van der Waals surface area contributed by atoms with Gasteiger partial charge >= 0.3 is 0 Å². The Morgan fingerprint density at radius 3 is 2.21 bits per heavy atom. The van der Waals surface area contributed by atoms with Crippen LogP contribution < -0.4 is 0 Å². The summed E-state index contributed by atoms with van der Waals surface area (Å²) in [5.41, 5.74) is -0.319. The van der Waals surface area contributed by atoms with E-state index >= 15 is 0 Å². The normalized spacial score (nSPS) is 36.1. The van der Waals surface area contributed by atoms with E-state index in [1.54, 1.807) is 4.31 Å². The van der Waals surface area contributed by atoms with Crippen molar-refractivity contribution in [3.8, 4) is 0 Å². The van der Waals surface area contributed by atoms with E-state index < -0.39 is 10.0 Å². The molecule has 1 heterocycles. The molecule has 0 aromatic rings. The van der Waals surface area contributed by atoms with Crippen molar-refractivity contribution in [3.05, 3.63) is 0 Å². The summed E-state index contributed by atoms with van der Waals surface area (Å²) >= 11 is 5.31. The highest BCUT2D eigenvalue weighted by atomic mass is 32.2. The second kappa shape index (κ2) is 7.70. The van der Waals surface area contributed by atoms with Gasteiger partial charge in [0, 0.05) is 41.9 Å². The van der Waals surface area contributed by atoms with E-state index in [0.717, 1.165) is 52.1 Å². The van der Waals surface area contributed by atoms with E-state index in [0.29, 0.717) is 5.92 Å². The maximum absolute atomic E-state index is 13.7. The fraction of sp³-hybridized carbons (Fsp3) is 1.00. The zero-order chi connectivity index (χ0) is 21.0. The van der Waals surface area contributed by atoms with Gasteiger partial charge < -0.3 is 4.74 Å². The summed E-state index contributed by atoms with van der Waals surface area (Å²) in [5.74, 6) is 0.765. The third-order valence-corrected chi connectivity index (χ3v) is 11.1. The predicted molar refractivity (Wildman–Crippen MR) is 118 cm³/mol. The number of fused-ring (bicyclic) bond motifs is 2. The molecule has 0 N–H and O–H groups in total. The van der Waals surface area contributed by atoms with Gasteiger partial charge in [-0.2, -0.15) is 16.9 Å². The molecule has 3 atom stereocenters. The molecule has 3 rings (SSSR count). The van der Waals surface area contributed by atoms with Gasteiger partial charge in [-0.1, -0.05) is 13.8 Å². The first-order valence-corrected chi connectivity index (χ1v) is 13.0. The molecule has 2 aliphatic carbocycles. The maximum Gasteiger partial charge on any atom is 0.215 e. The molecule has 1 saturated heterocycles. The third kappa shape index (κ3) is 3.57. The highest BCUT2D eigenvalue weighted by Gasteiger charge is 2.71. The second-order valence-electron chi connectivity index (χ2n) is 10.4. The van der Waals surface area contributed by atoms with Crippen LogP contribution in [0.3, 0.4) is 0 Å².